The average molecular weight is 446 g/mol. The van der Waals surface area contributed by atoms with Gasteiger partial charge in [-0.15, -0.1) is 24.0 Å². The molecule has 1 saturated heterocycles. The zero-order chi connectivity index (χ0) is 16.3. The number of aliphatic imine (C=N–C) groups is 1. The molecule has 1 aromatic carbocycles. The lowest BCUT2D eigenvalue weighted by atomic mass is 10.1. The van der Waals surface area contributed by atoms with E-state index in [0.717, 1.165) is 43.7 Å². The lowest BCUT2D eigenvalue weighted by Crippen LogP contribution is -2.40. The van der Waals surface area contributed by atoms with Gasteiger partial charge in [0, 0.05) is 26.7 Å². The summed E-state index contributed by atoms with van der Waals surface area (Å²) in [6, 6.07) is 9.93. The van der Waals surface area contributed by atoms with Gasteiger partial charge in [-0.25, -0.2) is 0 Å². The summed E-state index contributed by atoms with van der Waals surface area (Å²) in [5, 5.41) is 6.79. The van der Waals surface area contributed by atoms with Gasteiger partial charge in [0.25, 0.3) is 0 Å². The maximum atomic E-state index is 5.68. The van der Waals surface area contributed by atoms with Crippen LogP contribution in [0.5, 0.6) is 5.75 Å². The first-order chi connectivity index (χ1) is 11.3. The van der Waals surface area contributed by atoms with Crippen molar-refractivity contribution in [1.82, 2.24) is 15.5 Å². The van der Waals surface area contributed by atoms with Crippen LogP contribution in [0.2, 0.25) is 0 Å². The number of benzene rings is 1. The third-order valence-corrected chi connectivity index (χ3v) is 4.22. The molecule has 1 atom stereocenters. The van der Waals surface area contributed by atoms with Crippen LogP contribution in [0.1, 0.15) is 19.8 Å². The van der Waals surface area contributed by atoms with Crippen LogP contribution in [0.25, 0.3) is 0 Å². The summed E-state index contributed by atoms with van der Waals surface area (Å²) in [5.74, 6) is 2.55. The van der Waals surface area contributed by atoms with Crippen molar-refractivity contribution in [2.45, 2.75) is 19.8 Å². The molecule has 0 bridgehead atoms. The molecule has 1 aliphatic heterocycles. The lowest BCUT2D eigenvalue weighted by Gasteiger charge is -2.16. The van der Waals surface area contributed by atoms with E-state index in [0.29, 0.717) is 6.61 Å². The fourth-order valence-electron chi connectivity index (χ4n) is 2.81. The van der Waals surface area contributed by atoms with Crippen LogP contribution in [0, 0.1) is 5.92 Å². The van der Waals surface area contributed by atoms with Crippen molar-refractivity contribution < 1.29 is 4.74 Å². The Morgan fingerprint density at radius 2 is 2.08 bits per heavy atom. The highest BCUT2D eigenvalue weighted by molar-refractivity contribution is 14.0. The molecule has 1 fully saturated rings. The average Bonchev–Trinajstić information content (AvgIpc) is 3.06. The highest BCUT2D eigenvalue weighted by Gasteiger charge is 2.20. The van der Waals surface area contributed by atoms with Gasteiger partial charge in [-0.05, 0) is 44.0 Å². The Kier molecular flexibility index (Phi) is 10.8. The second-order valence-electron chi connectivity index (χ2n) is 5.94. The Balaban J connectivity index is 0.00000288. The van der Waals surface area contributed by atoms with Crippen molar-refractivity contribution in [3.63, 3.8) is 0 Å². The molecule has 0 saturated carbocycles. The second-order valence-corrected chi connectivity index (χ2v) is 5.94. The first kappa shape index (κ1) is 21.0. The van der Waals surface area contributed by atoms with Crippen LogP contribution in [-0.4, -0.2) is 57.2 Å². The molecule has 2 rings (SSSR count). The zero-order valence-corrected chi connectivity index (χ0v) is 17.2. The van der Waals surface area contributed by atoms with Gasteiger partial charge in [-0.3, -0.25) is 4.99 Å². The zero-order valence-electron chi connectivity index (χ0n) is 14.8. The monoisotopic (exact) mass is 446 g/mol. The SMILES string of the molecule is CCN1CCC(CNC(=NC)NCCCOc2ccccc2)C1.I. The molecule has 2 N–H and O–H groups in total. The van der Waals surface area contributed by atoms with Gasteiger partial charge in [0.15, 0.2) is 5.96 Å². The van der Waals surface area contributed by atoms with Gasteiger partial charge in [-0.1, -0.05) is 25.1 Å². The number of hydrogen-bond donors (Lipinski definition) is 2. The van der Waals surface area contributed by atoms with Crippen LogP contribution >= 0.6 is 24.0 Å². The van der Waals surface area contributed by atoms with Crippen LogP contribution in [0.4, 0.5) is 0 Å². The number of guanidine groups is 1. The molecule has 0 amide bonds. The van der Waals surface area contributed by atoms with Crippen LogP contribution in [-0.2, 0) is 0 Å². The normalized spacial score (nSPS) is 18.1. The summed E-state index contributed by atoms with van der Waals surface area (Å²) in [6.07, 6.45) is 2.23. The summed E-state index contributed by atoms with van der Waals surface area (Å²) in [7, 11) is 1.82. The van der Waals surface area contributed by atoms with Gasteiger partial charge in [-0.2, -0.15) is 0 Å². The van der Waals surface area contributed by atoms with E-state index in [2.05, 4.69) is 27.4 Å². The summed E-state index contributed by atoms with van der Waals surface area (Å²) in [4.78, 5) is 6.79. The first-order valence-electron chi connectivity index (χ1n) is 8.66. The van der Waals surface area contributed by atoms with Crippen molar-refractivity contribution in [2.75, 3.05) is 46.4 Å². The number of likely N-dealkylation sites (tertiary alicyclic amines) is 1. The molecule has 0 aliphatic carbocycles. The molecule has 0 aromatic heterocycles. The van der Waals surface area contributed by atoms with Crippen molar-refractivity contribution in [3.8, 4) is 5.75 Å². The Morgan fingerprint density at radius 3 is 2.75 bits per heavy atom. The highest BCUT2D eigenvalue weighted by atomic mass is 127. The molecular weight excluding hydrogens is 415 g/mol. The fourth-order valence-corrected chi connectivity index (χ4v) is 2.81. The number of nitrogens with zero attached hydrogens (tertiary/aromatic N) is 2. The maximum Gasteiger partial charge on any atom is 0.190 e. The van der Waals surface area contributed by atoms with E-state index < -0.39 is 0 Å². The van der Waals surface area contributed by atoms with Gasteiger partial charge in [0.2, 0.25) is 0 Å². The summed E-state index contributed by atoms with van der Waals surface area (Å²) >= 11 is 0. The van der Waals surface area contributed by atoms with Crippen LogP contribution in [0.15, 0.2) is 35.3 Å². The van der Waals surface area contributed by atoms with Crippen LogP contribution in [0.3, 0.4) is 0 Å². The molecule has 1 aliphatic rings. The standard InChI is InChI=1S/C18H30N4O.HI/c1-3-22-12-10-16(15-22)14-21-18(19-2)20-11-7-13-23-17-8-5-4-6-9-17;/h4-6,8-9,16H,3,7,10-15H2,1-2H3,(H2,19,20,21);1H. The largest absolute Gasteiger partial charge is 0.494 e. The van der Waals surface area contributed by atoms with Gasteiger partial charge in [0.05, 0.1) is 6.61 Å². The lowest BCUT2D eigenvalue weighted by molar-refractivity contribution is 0.311. The van der Waals surface area contributed by atoms with Crippen LogP contribution < -0.4 is 15.4 Å². The molecule has 1 aromatic rings. The van der Waals surface area contributed by atoms with E-state index in [1.807, 2.05) is 37.4 Å². The van der Waals surface area contributed by atoms with Crippen molar-refractivity contribution in [1.29, 1.82) is 0 Å². The minimum atomic E-state index is 0. The van der Waals surface area contributed by atoms with E-state index in [1.54, 1.807) is 0 Å². The van der Waals surface area contributed by atoms with Crippen molar-refractivity contribution >= 4 is 29.9 Å². The number of nitrogens with one attached hydrogen (secondary N) is 2. The summed E-state index contributed by atoms with van der Waals surface area (Å²) in [5.41, 5.74) is 0. The van der Waals surface area contributed by atoms with E-state index in [9.17, 15) is 0 Å². The quantitative estimate of drug-likeness (QED) is 0.279. The van der Waals surface area contributed by atoms with E-state index in [1.165, 1.54) is 19.5 Å². The molecule has 6 heteroatoms. The van der Waals surface area contributed by atoms with E-state index >= 15 is 0 Å². The topological polar surface area (TPSA) is 48.9 Å². The van der Waals surface area contributed by atoms with Crippen molar-refractivity contribution in [2.24, 2.45) is 10.9 Å². The number of rotatable bonds is 8. The molecule has 24 heavy (non-hydrogen) atoms. The molecule has 0 spiro atoms. The Morgan fingerprint density at radius 1 is 1.29 bits per heavy atom. The smallest absolute Gasteiger partial charge is 0.190 e. The predicted octanol–water partition coefficient (Wildman–Crippen LogP) is 2.58. The third-order valence-electron chi connectivity index (χ3n) is 4.22. The highest BCUT2D eigenvalue weighted by Crippen LogP contribution is 2.14. The third kappa shape index (κ3) is 7.70. The minimum absolute atomic E-state index is 0. The molecule has 5 nitrogen and oxygen atoms in total. The molecule has 1 heterocycles. The fraction of sp³-hybridized carbons (Fsp3) is 0.611. The Bertz CT molecular complexity index is 469. The summed E-state index contributed by atoms with van der Waals surface area (Å²) in [6.45, 7) is 8.38. The second kappa shape index (κ2) is 12.4. The Hall–Kier alpha value is -1.02. The molecular formula is C18H31IN4O. The molecule has 136 valence electrons. The molecule has 0 radical (unpaired) electrons. The number of halogens is 1. The van der Waals surface area contributed by atoms with Gasteiger partial charge < -0.3 is 20.3 Å². The number of ether oxygens (including phenoxy) is 1. The van der Waals surface area contributed by atoms with Gasteiger partial charge >= 0.3 is 0 Å². The van der Waals surface area contributed by atoms with E-state index in [4.69, 9.17) is 4.74 Å². The Labute approximate surface area is 163 Å². The molecule has 1 unspecified atom stereocenters. The van der Waals surface area contributed by atoms with E-state index in [-0.39, 0.29) is 24.0 Å². The van der Waals surface area contributed by atoms with Gasteiger partial charge in [0.1, 0.15) is 5.75 Å². The summed E-state index contributed by atoms with van der Waals surface area (Å²) < 4.78 is 5.68. The minimum Gasteiger partial charge on any atom is -0.494 e. The van der Waals surface area contributed by atoms with Crippen molar-refractivity contribution in [3.05, 3.63) is 30.3 Å². The predicted molar refractivity (Wildman–Crippen MR) is 112 cm³/mol. The number of para-hydroxylation sites is 1. The maximum absolute atomic E-state index is 5.68. The first-order valence-corrected chi connectivity index (χ1v) is 8.66. The number of hydrogen-bond acceptors (Lipinski definition) is 3.